The van der Waals surface area contributed by atoms with E-state index in [1.54, 1.807) is 0 Å². The molecule has 58 valence electrons. The predicted octanol–water partition coefficient (Wildman–Crippen LogP) is 0.813. The van der Waals surface area contributed by atoms with Gasteiger partial charge in [0.2, 0.25) is 0 Å². The summed E-state index contributed by atoms with van der Waals surface area (Å²) in [6, 6.07) is 1.40. The summed E-state index contributed by atoms with van der Waals surface area (Å²) in [7, 11) is 0.233. The zero-order chi connectivity index (χ0) is 7.40. The van der Waals surface area contributed by atoms with Crippen molar-refractivity contribution in [2.45, 2.75) is 19.9 Å². The summed E-state index contributed by atoms with van der Waals surface area (Å²) < 4.78 is 0. The van der Waals surface area contributed by atoms with Crippen LogP contribution in [0, 0.1) is 0 Å². The summed E-state index contributed by atoms with van der Waals surface area (Å²) in [5.74, 6) is 0. The van der Waals surface area contributed by atoms with Crippen molar-refractivity contribution in [2.75, 3.05) is 19.3 Å². The van der Waals surface area contributed by atoms with E-state index in [1.807, 2.05) is 0 Å². The van der Waals surface area contributed by atoms with Crippen molar-refractivity contribution in [1.29, 1.82) is 0 Å². The molecule has 0 spiro atoms. The van der Waals surface area contributed by atoms with Crippen LogP contribution in [0.2, 0.25) is 6.04 Å². The minimum atomic E-state index is 0.233. The van der Waals surface area contributed by atoms with E-state index in [2.05, 4.69) is 24.8 Å². The third-order valence-electron chi connectivity index (χ3n) is 1.77. The Bertz CT molecular complexity index is 123. The minimum Gasteiger partial charge on any atom is -0.304 e. The van der Waals surface area contributed by atoms with Crippen molar-refractivity contribution in [2.24, 2.45) is 0 Å². The Balaban J connectivity index is 1.89. The monoisotopic (exact) mass is 155 g/mol. The average molecular weight is 155 g/mol. The largest absolute Gasteiger partial charge is 0.304 e. The van der Waals surface area contributed by atoms with Gasteiger partial charge in [0.1, 0.15) is 0 Å². The molecule has 1 aliphatic rings. The molecule has 2 heteroatoms. The molecule has 0 aliphatic carbocycles. The third kappa shape index (κ3) is 3.85. The van der Waals surface area contributed by atoms with Gasteiger partial charge in [0, 0.05) is 22.6 Å². The van der Waals surface area contributed by atoms with Gasteiger partial charge in [-0.15, -0.1) is 0 Å². The third-order valence-corrected chi connectivity index (χ3v) is 3.42. The van der Waals surface area contributed by atoms with E-state index in [4.69, 9.17) is 0 Å². The highest BCUT2D eigenvalue weighted by atomic mass is 28.2. The molecule has 1 heterocycles. The molecule has 0 saturated carbocycles. The molecule has 0 bridgehead atoms. The predicted molar refractivity (Wildman–Crippen MR) is 49.2 cm³/mol. The summed E-state index contributed by atoms with van der Waals surface area (Å²) in [5.41, 5.74) is 1.48. The molecule has 0 atom stereocenters. The van der Waals surface area contributed by atoms with Crippen LogP contribution in [-0.2, 0) is 0 Å². The zero-order valence-electron chi connectivity index (χ0n) is 7.06. The molecule has 1 rings (SSSR count). The maximum absolute atomic E-state index is 2.53. The lowest BCUT2D eigenvalue weighted by Crippen LogP contribution is -2.06. The molecule has 1 nitrogen and oxygen atoms in total. The lowest BCUT2D eigenvalue weighted by Gasteiger charge is -1.95. The molecular weight excluding hydrogens is 138 g/mol. The maximum atomic E-state index is 2.53. The Morgan fingerprint density at radius 1 is 1.50 bits per heavy atom. The number of rotatable bonds is 4. The lowest BCUT2D eigenvalue weighted by molar-refractivity contribution is 0.659. The molecule has 0 N–H and O–H groups in total. The van der Waals surface area contributed by atoms with E-state index in [9.17, 15) is 0 Å². The first kappa shape index (κ1) is 8.02. The molecule has 0 unspecified atom stereocenters. The average Bonchev–Trinajstić information content (AvgIpc) is 2.62. The number of allylic oxidation sites excluding steroid dienone is 2. The second-order valence-corrected chi connectivity index (χ2v) is 5.00. The Labute approximate surface area is 65.9 Å². The van der Waals surface area contributed by atoms with Gasteiger partial charge in [-0.25, -0.2) is 0 Å². The number of hydrogen-bond acceptors (Lipinski definition) is 1. The van der Waals surface area contributed by atoms with Crippen LogP contribution in [0.3, 0.4) is 0 Å². The molecule has 0 aromatic rings. The first-order chi connectivity index (χ1) is 4.79. The van der Waals surface area contributed by atoms with Crippen molar-refractivity contribution in [3.05, 3.63) is 11.6 Å². The van der Waals surface area contributed by atoms with Gasteiger partial charge in [-0.05, 0) is 26.1 Å². The van der Waals surface area contributed by atoms with Crippen LogP contribution in [0.15, 0.2) is 11.6 Å². The molecule has 0 aromatic heterocycles. The van der Waals surface area contributed by atoms with Gasteiger partial charge in [-0.1, -0.05) is 11.6 Å². The van der Waals surface area contributed by atoms with Gasteiger partial charge < -0.3 is 4.90 Å². The molecule has 1 saturated heterocycles. The molecule has 0 aromatic carbocycles. The van der Waals surface area contributed by atoms with Crippen LogP contribution >= 0.6 is 0 Å². The summed E-state index contributed by atoms with van der Waals surface area (Å²) in [6.45, 7) is 7.13. The van der Waals surface area contributed by atoms with Gasteiger partial charge in [0.05, 0.1) is 0 Å². The lowest BCUT2D eigenvalue weighted by atomic mass is 10.3. The van der Waals surface area contributed by atoms with Crippen molar-refractivity contribution in [1.82, 2.24) is 4.90 Å². The Morgan fingerprint density at radius 2 is 2.20 bits per heavy atom. The van der Waals surface area contributed by atoms with Crippen LogP contribution in [0.1, 0.15) is 13.8 Å². The normalized spacial score (nSPS) is 18.2. The van der Waals surface area contributed by atoms with Crippen molar-refractivity contribution in [3.8, 4) is 0 Å². The van der Waals surface area contributed by atoms with Crippen molar-refractivity contribution in [3.63, 3.8) is 0 Å². The highest BCUT2D eigenvalue weighted by Gasteiger charge is 2.14. The van der Waals surface area contributed by atoms with Crippen molar-refractivity contribution < 1.29 is 0 Å². The van der Waals surface area contributed by atoms with Gasteiger partial charge >= 0.3 is 0 Å². The van der Waals surface area contributed by atoms with Gasteiger partial charge in [-0.2, -0.15) is 0 Å². The van der Waals surface area contributed by atoms with Crippen LogP contribution in [0.25, 0.3) is 0 Å². The molecule has 0 radical (unpaired) electrons. The van der Waals surface area contributed by atoms with E-state index in [-0.39, 0.29) is 9.52 Å². The van der Waals surface area contributed by atoms with E-state index in [1.165, 1.54) is 30.9 Å². The summed E-state index contributed by atoms with van der Waals surface area (Å²) in [4.78, 5) is 2.53. The highest BCUT2D eigenvalue weighted by Crippen LogP contribution is 2.01. The minimum absolute atomic E-state index is 0.233. The molecule has 1 fully saturated rings. The Morgan fingerprint density at radius 3 is 2.70 bits per heavy atom. The summed E-state index contributed by atoms with van der Waals surface area (Å²) in [5, 5.41) is 0. The van der Waals surface area contributed by atoms with E-state index in [0.717, 1.165) is 0 Å². The molecule has 1 aliphatic heterocycles. The fourth-order valence-corrected chi connectivity index (χ4v) is 2.86. The zero-order valence-corrected chi connectivity index (χ0v) is 8.47. The summed E-state index contributed by atoms with van der Waals surface area (Å²) in [6.07, 6.45) is 3.83. The van der Waals surface area contributed by atoms with E-state index < -0.39 is 0 Å². The van der Waals surface area contributed by atoms with Gasteiger partial charge in [-0.3, -0.25) is 0 Å². The van der Waals surface area contributed by atoms with Crippen LogP contribution in [-0.4, -0.2) is 33.7 Å². The maximum Gasteiger partial charge on any atom is 0.0407 e. The Kier molecular flexibility index (Phi) is 3.16. The summed E-state index contributed by atoms with van der Waals surface area (Å²) >= 11 is 0. The smallest absolute Gasteiger partial charge is 0.0407 e. The van der Waals surface area contributed by atoms with Crippen molar-refractivity contribution >= 4 is 9.52 Å². The van der Waals surface area contributed by atoms with Gasteiger partial charge in [0.15, 0.2) is 0 Å². The molecular formula is C8H17NSi. The second-order valence-electron chi connectivity index (χ2n) is 3.27. The quantitative estimate of drug-likeness (QED) is 0.251. The standard InChI is InChI=1S/C8H17NSi/c1-8(2)3-6-10-7-9-4-5-9/h3H,4-7,10H2,1-2H3. The van der Waals surface area contributed by atoms with E-state index in [0.29, 0.717) is 0 Å². The second kappa shape index (κ2) is 3.94. The fourth-order valence-electron chi connectivity index (χ4n) is 1.000. The molecule has 10 heavy (non-hydrogen) atoms. The number of hydrogen-bond donors (Lipinski definition) is 0. The van der Waals surface area contributed by atoms with Crippen LogP contribution in [0.5, 0.6) is 0 Å². The number of nitrogens with zero attached hydrogens (tertiary/aromatic N) is 1. The topological polar surface area (TPSA) is 3.01 Å². The Hall–Kier alpha value is -0.0831. The highest BCUT2D eigenvalue weighted by molar-refractivity contribution is 6.36. The first-order valence-electron chi connectivity index (χ1n) is 4.15. The van der Waals surface area contributed by atoms with E-state index >= 15 is 0 Å². The van der Waals surface area contributed by atoms with Gasteiger partial charge in [0.25, 0.3) is 0 Å². The SMILES string of the molecule is CC(C)=CC[SiH2]CN1CC1. The molecule has 0 amide bonds. The van der Waals surface area contributed by atoms with Crippen LogP contribution in [0.4, 0.5) is 0 Å². The van der Waals surface area contributed by atoms with Crippen LogP contribution < -0.4 is 0 Å². The fraction of sp³-hybridized carbons (Fsp3) is 0.750. The first-order valence-corrected chi connectivity index (χ1v) is 6.15.